The number of fused-ring (bicyclic) bond motifs is 2. The number of aryl methyl sites for hydroxylation is 2. The molecule has 1 saturated heterocycles. The summed E-state index contributed by atoms with van der Waals surface area (Å²) in [5.74, 6) is 1.06. The van der Waals surface area contributed by atoms with Gasteiger partial charge in [0.2, 0.25) is 0 Å². The maximum absolute atomic E-state index is 11.8. The molecule has 0 spiro atoms. The Labute approximate surface area is 129 Å². The maximum Gasteiger partial charge on any atom is 0.336 e. The molecule has 1 aliphatic carbocycles. The van der Waals surface area contributed by atoms with Crippen LogP contribution in [0, 0.1) is 25.7 Å². The summed E-state index contributed by atoms with van der Waals surface area (Å²) in [6, 6.07) is 5.68. The van der Waals surface area contributed by atoms with E-state index in [-0.39, 0.29) is 11.7 Å². The Balaban J connectivity index is 1.69. The van der Waals surface area contributed by atoms with Gasteiger partial charge in [-0.05, 0) is 55.0 Å². The maximum atomic E-state index is 11.8. The number of hydrogen-bond acceptors (Lipinski definition) is 4. The second-order valence-electron chi connectivity index (χ2n) is 6.94. The molecule has 22 heavy (non-hydrogen) atoms. The highest BCUT2D eigenvalue weighted by Gasteiger charge is 2.46. The average molecular weight is 299 g/mol. The number of likely N-dealkylation sites (tertiary alicyclic amines) is 1. The molecule has 1 aromatic heterocycles. The Morgan fingerprint density at radius 2 is 2.00 bits per heavy atom. The molecule has 1 aliphatic heterocycles. The van der Waals surface area contributed by atoms with Gasteiger partial charge in [-0.1, -0.05) is 0 Å². The van der Waals surface area contributed by atoms with Gasteiger partial charge in [-0.15, -0.1) is 0 Å². The van der Waals surface area contributed by atoms with Crippen molar-refractivity contribution in [3.63, 3.8) is 0 Å². The standard InChI is InChI=1S/C18H21NO3/c1-10-3-14-13(6-18(21)22-17(14)4-11(10)2)8-19-7-12-5-16(20)15(12)9-19/h3-4,6,12,15-16,20H,5,7-9H2,1-2H3/t12-,15+,16-/m0/s1. The van der Waals surface area contributed by atoms with Crippen LogP contribution in [-0.4, -0.2) is 29.2 Å². The lowest BCUT2D eigenvalue weighted by Crippen LogP contribution is -2.39. The average Bonchev–Trinajstić information content (AvgIpc) is 2.78. The van der Waals surface area contributed by atoms with Crippen LogP contribution in [0.2, 0.25) is 0 Å². The molecular formula is C18H21NO3. The fraction of sp³-hybridized carbons (Fsp3) is 0.500. The number of benzene rings is 1. The van der Waals surface area contributed by atoms with Gasteiger partial charge in [0.25, 0.3) is 0 Å². The summed E-state index contributed by atoms with van der Waals surface area (Å²) in [6.45, 7) is 6.81. The van der Waals surface area contributed by atoms with Crippen LogP contribution >= 0.6 is 0 Å². The lowest BCUT2D eigenvalue weighted by molar-refractivity contribution is -0.00435. The molecule has 0 bridgehead atoms. The van der Waals surface area contributed by atoms with Crippen LogP contribution in [0.4, 0.5) is 0 Å². The van der Waals surface area contributed by atoms with Crippen LogP contribution in [0.15, 0.2) is 27.4 Å². The van der Waals surface area contributed by atoms with Gasteiger partial charge in [-0.25, -0.2) is 4.79 Å². The molecule has 1 saturated carbocycles. The van der Waals surface area contributed by atoms with Crippen LogP contribution in [0.3, 0.4) is 0 Å². The zero-order valence-corrected chi connectivity index (χ0v) is 13.0. The number of nitrogens with zero attached hydrogens (tertiary/aromatic N) is 1. The molecule has 0 radical (unpaired) electrons. The van der Waals surface area contributed by atoms with Crippen LogP contribution in [0.5, 0.6) is 0 Å². The van der Waals surface area contributed by atoms with Gasteiger partial charge in [-0.2, -0.15) is 0 Å². The van der Waals surface area contributed by atoms with Crippen LogP contribution in [0.1, 0.15) is 23.1 Å². The van der Waals surface area contributed by atoms with Crippen LogP contribution < -0.4 is 5.63 Å². The first kappa shape index (κ1) is 14.0. The number of aliphatic hydroxyl groups excluding tert-OH is 1. The van der Waals surface area contributed by atoms with Crippen molar-refractivity contribution in [1.82, 2.24) is 4.90 Å². The number of rotatable bonds is 2. The van der Waals surface area contributed by atoms with Crippen molar-refractivity contribution in [2.24, 2.45) is 11.8 Å². The second-order valence-corrected chi connectivity index (χ2v) is 6.94. The van der Waals surface area contributed by atoms with E-state index in [2.05, 4.69) is 17.9 Å². The third-order valence-corrected chi connectivity index (χ3v) is 5.44. The van der Waals surface area contributed by atoms with Gasteiger partial charge >= 0.3 is 5.63 Å². The molecule has 2 heterocycles. The van der Waals surface area contributed by atoms with Crippen molar-refractivity contribution in [1.29, 1.82) is 0 Å². The monoisotopic (exact) mass is 299 g/mol. The van der Waals surface area contributed by atoms with Crippen molar-refractivity contribution in [3.8, 4) is 0 Å². The Kier molecular flexibility index (Phi) is 3.13. The second kappa shape index (κ2) is 4.93. The van der Waals surface area contributed by atoms with E-state index in [1.54, 1.807) is 6.07 Å². The van der Waals surface area contributed by atoms with Crippen molar-refractivity contribution >= 4 is 11.0 Å². The summed E-state index contributed by atoms with van der Waals surface area (Å²) in [6.07, 6.45) is 0.800. The van der Waals surface area contributed by atoms with E-state index in [4.69, 9.17) is 4.42 Å². The Morgan fingerprint density at radius 3 is 2.73 bits per heavy atom. The lowest BCUT2D eigenvalue weighted by Gasteiger charge is -2.35. The van der Waals surface area contributed by atoms with Crippen LogP contribution in [-0.2, 0) is 6.54 Å². The highest BCUT2D eigenvalue weighted by atomic mass is 16.4. The summed E-state index contributed by atoms with van der Waals surface area (Å²) < 4.78 is 5.36. The Hall–Kier alpha value is -1.65. The van der Waals surface area contributed by atoms with Gasteiger partial charge in [0, 0.05) is 37.0 Å². The van der Waals surface area contributed by atoms with Crippen molar-refractivity contribution in [2.45, 2.75) is 32.9 Å². The fourth-order valence-electron chi connectivity index (χ4n) is 3.95. The van der Waals surface area contributed by atoms with E-state index in [9.17, 15) is 9.90 Å². The molecule has 116 valence electrons. The molecule has 2 fully saturated rings. The molecule has 1 aromatic carbocycles. The largest absolute Gasteiger partial charge is 0.423 e. The first-order chi connectivity index (χ1) is 10.5. The summed E-state index contributed by atoms with van der Waals surface area (Å²) in [7, 11) is 0. The minimum absolute atomic E-state index is 0.127. The smallest absolute Gasteiger partial charge is 0.336 e. The van der Waals surface area contributed by atoms with Gasteiger partial charge in [0.1, 0.15) is 5.58 Å². The van der Waals surface area contributed by atoms with E-state index >= 15 is 0 Å². The van der Waals surface area contributed by atoms with Crippen molar-refractivity contribution in [3.05, 3.63) is 45.3 Å². The first-order valence-corrected chi connectivity index (χ1v) is 7.95. The predicted octanol–water partition coefficient (Wildman–Crippen LogP) is 2.22. The zero-order chi connectivity index (χ0) is 15.4. The Morgan fingerprint density at radius 1 is 1.23 bits per heavy atom. The molecule has 3 atom stereocenters. The van der Waals surface area contributed by atoms with Gasteiger partial charge in [-0.3, -0.25) is 4.90 Å². The zero-order valence-electron chi connectivity index (χ0n) is 13.0. The van der Waals surface area contributed by atoms with Crippen LogP contribution in [0.25, 0.3) is 11.0 Å². The van der Waals surface area contributed by atoms with E-state index < -0.39 is 0 Å². The van der Waals surface area contributed by atoms with Gasteiger partial charge in [0.15, 0.2) is 0 Å². The molecular weight excluding hydrogens is 278 g/mol. The summed E-state index contributed by atoms with van der Waals surface area (Å²) in [4.78, 5) is 14.2. The number of aliphatic hydroxyl groups is 1. The van der Waals surface area contributed by atoms with Gasteiger partial charge < -0.3 is 9.52 Å². The van der Waals surface area contributed by atoms with E-state index in [1.807, 2.05) is 13.0 Å². The van der Waals surface area contributed by atoms with Crippen molar-refractivity contribution in [2.75, 3.05) is 13.1 Å². The predicted molar refractivity (Wildman–Crippen MR) is 84.8 cm³/mol. The van der Waals surface area contributed by atoms with E-state index in [1.165, 1.54) is 5.56 Å². The van der Waals surface area contributed by atoms with E-state index in [0.717, 1.165) is 42.6 Å². The molecule has 1 N–H and O–H groups in total. The molecule has 2 aromatic rings. The highest BCUT2D eigenvalue weighted by molar-refractivity contribution is 5.81. The lowest BCUT2D eigenvalue weighted by atomic mass is 9.74. The summed E-state index contributed by atoms with van der Waals surface area (Å²) in [5, 5.41) is 10.8. The molecule has 4 rings (SSSR count). The fourth-order valence-corrected chi connectivity index (χ4v) is 3.95. The highest BCUT2D eigenvalue weighted by Crippen LogP contribution is 2.41. The molecule has 0 amide bonds. The topological polar surface area (TPSA) is 53.7 Å². The molecule has 4 nitrogen and oxygen atoms in total. The Bertz CT molecular complexity index is 795. The normalized spacial score (nSPS) is 27.9. The van der Waals surface area contributed by atoms with Gasteiger partial charge in [0.05, 0.1) is 6.10 Å². The third kappa shape index (κ3) is 2.18. The molecule has 4 heteroatoms. The summed E-state index contributed by atoms with van der Waals surface area (Å²) in [5.41, 5.74) is 3.76. The van der Waals surface area contributed by atoms with E-state index in [0.29, 0.717) is 17.4 Å². The molecule has 0 unspecified atom stereocenters. The quantitative estimate of drug-likeness (QED) is 0.864. The molecule has 2 aliphatic rings. The minimum atomic E-state index is -0.284. The summed E-state index contributed by atoms with van der Waals surface area (Å²) >= 11 is 0. The first-order valence-electron chi connectivity index (χ1n) is 7.95. The minimum Gasteiger partial charge on any atom is -0.423 e. The third-order valence-electron chi connectivity index (χ3n) is 5.44. The number of hydrogen-bond donors (Lipinski definition) is 1. The SMILES string of the molecule is Cc1cc2oc(=O)cc(CN3C[C@@H]4C[C@H](O)[C@@H]4C3)c2cc1C. The van der Waals surface area contributed by atoms with Crippen molar-refractivity contribution < 1.29 is 9.52 Å².